The highest BCUT2D eigenvalue weighted by atomic mass is 19.1. The first-order chi connectivity index (χ1) is 12.5. The lowest BCUT2D eigenvalue weighted by Crippen LogP contribution is -2.26. The fourth-order valence-corrected chi connectivity index (χ4v) is 2.42. The fraction of sp³-hybridized carbons (Fsp3) is 0.300. The number of carbonyl (C=O) groups excluding carboxylic acids is 1. The summed E-state index contributed by atoms with van der Waals surface area (Å²) in [6, 6.07) is 13.4. The fourth-order valence-electron chi connectivity index (χ4n) is 2.42. The van der Waals surface area contributed by atoms with Crippen LogP contribution in [0.1, 0.15) is 24.0 Å². The third-order valence-electron chi connectivity index (χ3n) is 3.88. The first-order valence-electron chi connectivity index (χ1n) is 8.23. The summed E-state index contributed by atoms with van der Waals surface area (Å²) in [6.07, 6.45) is 0.813. The lowest BCUT2D eigenvalue weighted by molar-refractivity contribution is -0.130. The summed E-state index contributed by atoms with van der Waals surface area (Å²) >= 11 is 0. The zero-order chi connectivity index (χ0) is 18.9. The Balaban J connectivity index is 1.80. The largest absolute Gasteiger partial charge is 0.493 e. The molecule has 0 aliphatic carbocycles. The van der Waals surface area contributed by atoms with Gasteiger partial charge in [-0.15, -0.1) is 0 Å². The molecule has 2 rings (SSSR count). The van der Waals surface area contributed by atoms with Crippen LogP contribution in [0.5, 0.6) is 11.5 Å². The molecule has 6 heteroatoms. The molecule has 136 valence electrons. The van der Waals surface area contributed by atoms with E-state index in [1.165, 1.54) is 18.1 Å². The normalized spacial score (nSPS) is 10.1. The Kier molecular flexibility index (Phi) is 6.98. The maximum Gasteiger partial charge on any atom is 0.222 e. The average Bonchev–Trinajstić information content (AvgIpc) is 2.66. The molecule has 0 N–H and O–H groups in total. The van der Waals surface area contributed by atoms with Crippen molar-refractivity contribution < 1.29 is 18.7 Å². The van der Waals surface area contributed by atoms with Gasteiger partial charge in [-0.3, -0.25) is 4.79 Å². The van der Waals surface area contributed by atoms with E-state index >= 15 is 0 Å². The van der Waals surface area contributed by atoms with Crippen molar-refractivity contribution in [2.24, 2.45) is 0 Å². The number of methoxy groups -OCH3 is 1. The molecule has 0 saturated carbocycles. The summed E-state index contributed by atoms with van der Waals surface area (Å²) in [5.41, 5.74) is 0.973. The van der Waals surface area contributed by atoms with Crippen LogP contribution in [0, 0.1) is 17.1 Å². The maximum absolute atomic E-state index is 13.6. The summed E-state index contributed by atoms with van der Waals surface area (Å²) in [6.45, 7) is 0.567. The van der Waals surface area contributed by atoms with Crippen LogP contribution >= 0.6 is 0 Å². The van der Waals surface area contributed by atoms with Crippen LogP contribution in [0.25, 0.3) is 0 Å². The van der Waals surface area contributed by atoms with E-state index in [2.05, 4.69) is 0 Å². The number of benzene rings is 2. The first kappa shape index (κ1) is 19.3. The van der Waals surface area contributed by atoms with Crippen LogP contribution in [-0.4, -0.2) is 31.6 Å². The second-order valence-electron chi connectivity index (χ2n) is 5.77. The van der Waals surface area contributed by atoms with Gasteiger partial charge in [0.2, 0.25) is 5.91 Å². The van der Waals surface area contributed by atoms with Crippen LogP contribution in [0.4, 0.5) is 4.39 Å². The van der Waals surface area contributed by atoms with Gasteiger partial charge in [0.05, 0.1) is 25.3 Å². The maximum atomic E-state index is 13.6. The number of ether oxygens (including phenoxy) is 2. The van der Waals surface area contributed by atoms with Gasteiger partial charge >= 0.3 is 0 Å². The molecule has 0 unspecified atom stereocenters. The third-order valence-corrected chi connectivity index (χ3v) is 3.88. The highest BCUT2D eigenvalue weighted by Crippen LogP contribution is 2.28. The lowest BCUT2D eigenvalue weighted by atomic mass is 10.2. The van der Waals surface area contributed by atoms with Crippen molar-refractivity contribution >= 4 is 5.91 Å². The highest BCUT2D eigenvalue weighted by molar-refractivity contribution is 5.75. The van der Waals surface area contributed by atoms with Crippen molar-refractivity contribution in [2.45, 2.75) is 19.4 Å². The van der Waals surface area contributed by atoms with Crippen molar-refractivity contribution in [3.63, 3.8) is 0 Å². The zero-order valence-electron chi connectivity index (χ0n) is 14.9. The average molecular weight is 356 g/mol. The predicted molar refractivity (Wildman–Crippen MR) is 95.3 cm³/mol. The van der Waals surface area contributed by atoms with Crippen LogP contribution in [0.3, 0.4) is 0 Å². The van der Waals surface area contributed by atoms with Gasteiger partial charge in [0, 0.05) is 31.6 Å². The number of hydrogen-bond acceptors (Lipinski definition) is 4. The van der Waals surface area contributed by atoms with E-state index in [4.69, 9.17) is 14.7 Å². The minimum Gasteiger partial charge on any atom is -0.493 e. The predicted octanol–water partition coefficient (Wildman–Crippen LogP) is 3.52. The molecule has 0 bridgehead atoms. The van der Waals surface area contributed by atoms with Crippen LogP contribution in [0.15, 0.2) is 42.5 Å². The SMILES string of the molecule is COc1cc(C#N)ccc1OCCCC(=O)N(C)Cc1ccccc1F. The number of halogens is 1. The van der Waals surface area contributed by atoms with Crippen molar-refractivity contribution in [2.75, 3.05) is 20.8 Å². The van der Waals surface area contributed by atoms with Crippen molar-refractivity contribution in [1.29, 1.82) is 5.26 Å². The van der Waals surface area contributed by atoms with Crippen molar-refractivity contribution in [3.8, 4) is 17.6 Å². The zero-order valence-corrected chi connectivity index (χ0v) is 14.9. The number of nitriles is 1. The topological polar surface area (TPSA) is 62.6 Å². The number of hydrogen-bond donors (Lipinski definition) is 0. The molecular weight excluding hydrogens is 335 g/mol. The molecule has 0 aromatic heterocycles. The minimum absolute atomic E-state index is 0.0800. The minimum atomic E-state index is -0.316. The van der Waals surface area contributed by atoms with Crippen LogP contribution < -0.4 is 9.47 Å². The molecule has 0 spiro atoms. The summed E-state index contributed by atoms with van der Waals surface area (Å²) < 4.78 is 24.5. The summed E-state index contributed by atoms with van der Waals surface area (Å²) in [5, 5.41) is 8.89. The lowest BCUT2D eigenvalue weighted by Gasteiger charge is -2.18. The Bertz CT molecular complexity index is 802. The Morgan fingerprint density at radius 1 is 1.23 bits per heavy atom. The molecule has 2 aromatic rings. The highest BCUT2D eigenvalue weighted by Gasteiger charge is 2.12. The summed E-state index contributed by atoms with van der Waals surface area (Å²) in [7, 11) is 3.16. The summed E-state index contributed by atoms with van der Waals surface area (Å²) in [4.78, 5) is 13.7. The van der Waals surface area contributed by atoms with Gasteiger partial charge in [-0.2, -0.15) is 5.26 Å². The van der Waals surface area contributed by atoms with E-state index in [1.54, 1.807) is 43.4 Å². The second-order valence-corrected chi connectivity index (χ2v) is 5.77. The molecule has 0 fully saturated rings. The molecule has 2 aromatic carbocycles. The second kappa shape index (κ2) is 9.42. The van der Waals surface area contributed by atoms with Crippen LogP contribution in [-0.2, 0) is 11.3 Å². The molecule has 0 atom stereocenters. The quantitative estimate of drug-likeness (QED) is 0.679. The molecule has 0 aliphatic rings. The Morgan fingerprint density at radius 2 is 2.00 bits per heavy atom. The van der Waals surface area contributed by atoms with E-state index in [1.807, 2.05) is 6.07 Å². The number of rotatable bonds is 8. The third kappa shape index (κ3) is 5.21. The van der Waals surface area contributed by atoms with Gasteiger partial charge in [0.25, 0.3) is 0 Å². The number of nitrogens with zero attached hydrogens (tertiary/aromatic N) is 2. The first-order valence-corrected chi connectivity index (χ1v) is 8.23. The van der Waals surface area contributed by atoms with E-state index in [-0.39, 0.29) is 18.3 Å². The van der Waals surface area contributed by atoms with E-state index in [9.17, 15) is 9.18 Å². The van der Waals surface area contributed by atoms with Crippen LogP contribution in [0.2, 0.25) is 0 Å². The van der Waals surface area contributed by atoms with Gasteiger partial charge in [-0.25, -0.2) is 4.39 Å². The summed E-state index contributed by atoms with van der Waals surface area (Å²) in [5.74, 6) is 0.609. The molecule has 26 heavy (non-hydrogen) atoms. The molecule has 0 aliphatic heterocycles. The molecule has 0 radical (unpaired) electrons. The Labute approximate surface area is 152 Å². The van der Waals surface area contributed by atoms with E-state index in [0.29, 0.717) is 42.1 Å². The van der Waals surface area contributed by atoms with Gasteiger partial charge in [0.15, 0.2) is 11.5 Å². The van der Waals surface area contributed by atoms with E-state index in [0.717, 1.165) is 0 Å². The number of carbonyl (C=O) groups is 1. The Hall–Kier alpha value is -3.07. The number of amides is 1. The van der Waals surface area contributed by atoms with Gasteiger partial charge in [-0.1, -0.05) is 18.2 Å². The molecular formula is C20H21FN2O3. The van der Waals surface area contributed by atoms with Gasteiger partial charge in [-0.05, 0) is 24.6 Å². The van der Waals surface area contributed by atoms with E-state index < -0.39 is 0 Å². The van der Waals surface area contributed by atoms with Crippen molar-refractivity contribution in [3.05, 3.63) is 59.4 Å². The Morgan fingerprint density at radius 3 is 2.69 bits per heavy atom. The molecule has 5 nitrogen and oxygen atoms in total. The standard InChI is InChI=1S/C20H21FN2O3/c1-23(14-16-6-3-4-7-17(16)21)20(24)8-5-11-26-18-10-9-15(13-22)12-19(18)25-2/h3-4,6-7,9-10,12H,5,8,11,14H2,1-2H3. The smallest absolute Gasteiger partial charge is 0.222 e. The van der Waals surface area contributed by atoms with Gasteiger partial charge in [0.1, 0.15) is 5.82 Å². The van der Waals surface area contributed by atoms with Crippen molar-refractivity contribution in [1.82, 2.24) is 4.90 Å². The molecule has 0 saturated heterocycles. The molecule has 0 heterocycles. The monoisotopic (exact) mass is 356 g/mol. The molecule has 1 amide bonds. The van der Waals surface area contributed by atoms with Gasteiger partial charge < -0.3 is 14.4 Å².